The molecule has 0 aromatic heterocycles. The maximum atomic E-state index is 11.3. The zero-order valence-corrected chi connectivity index (χ0v) is 12.2. The fourth-order valence-electron chi connectivity index (χ4n) is 1.99. The third-order valence-electron chi connectivity index (χ3n) is 3.14. The van der Waals surface area contributed by atoms with Crippen LogP contribution in [0.2, 0.25) is 0 Å². The monoisotopic (exact) mass is 317 g/mol. The standard InChI is InChI=1S/C12H16BrNO2S/c1-10-8-12(13)3-2-11(10)9-14-4-6-17(15,16)7-5-14/h2-3,8H,4-7,9H2,1H3. The minimum atomic E-state index is -2.77. The Morgan fingerprint density at radius 1 is 1.29 bits per heavy atom. The molecule has 1 aromatic rings. The molecule has 0 saturated carbocycles. The molecule has 17 heavy (non-hydrogen) atoms. The lowest BCUT2D eigenvalue weighted by Crippen LogP contribution is -2.39. The van der Waals surface area contributed by atoms with Crippen LogP contribution < -0.4 is 0 Å². The molecule has 0 spiro atoms. The summed E-state index contributed by atoms with van der Waals surface area (Å²) >= 11 is 3.44. The number of hydrogen-bond donors (Lipinski definition) is 0. The van der Waals surface area contributed by atoms with Gasteiger partial charge in [-0.25, -0.2) is 8.42 Å². The summed E-state index contributed by atoms with van der Waals surface area (Å²) in [5.74, 6) is 0.588. The Bertz CT molecular complexity index is 499. The van der Waals surface area contributed by atoms with Crippen LogP contribution >= 0.6 is 15.9 Å². The smallest absolute Gasteiger partial charge is 0.152 e. The van der Waals surface area contributed by atoms with Gasteiger partial charge >= 0.3 is 0 Å². The second kappa shape index (κ2) is 5.08. The van der Waals surface area contributed by atoms with E-state index in [1.165, 1.54) is 11.1 Å². The van der Waals surface area contributed by atoms with Crippen LogP contribution in [0.25, 0.3) is 0 Å². The SMILES string of the molecule is Cc1cc(Br)ccc1CN1CCS(=O)(=O)CC1. The highest BCUT2D eigenvalue weighted by molar-refractivity contribution is 9.10. The molecule has 5 heteroatoms. The van der Waals surface area contributed by atoms with Gasteiger partial charge in [0, 0.05) is 24.1 Å². The first kappa shape index (κ1) is 13.1. The molecule has 0 aliphatic carbocycles. The molecule has 1 heterocycles. The van der Waals surface area contributed by atoms with Gasteiger partial charge in [-0.15, -0.1) is 0 Å². The lowest BCUT2D eigenvalue weighted by atomic mass is 10.1. The molecule has 1 saturated heterocycles. The van der Waals surface area contributed by atoms with Gasteiger partial charge in [0.2, 0.25) is 0 Å². The van der Waals surface area contributed by atoms with Crippen molar-refractivity contribution in [2.75, 3.05) is 24.6 Å². The Labute approximate surface area is 111 Å². The first-order valence-electron chi connectivity index (χ1n) is 5.64. The molecule has 0 atom stereocenters. The Hall–Kier alpha value is -0.390. The first-order chi connectivity index (χ1) is 7.96. The van der Waals surface area contributed by atoms with Crippen molar-refractivity contribution >= 4 is 25.8 Å². The van der Waals surface area contributed by atoms with Crippen LogP contribution in [0.1, 0.15) is 11.1 Å². The van der Waals surface area contributed by atoms with E-state index in [0.29, 0.717) is 24.6 Å². The zero-order chi connectivity index (χ0) is 12.5. The van der Waals surface area contributed by atoms with Crippen LogP contribution in [-0.4, -0.2) is 37.9 Å². The number of rotatable bonds is 2. The van der Waals surface area contributed by atoms with Crippen LogP contribution in [0.15, 0.2) is 22.7 Å². The summed E-state index contributed by atoms with van der Waals surface area (Å²) < 4.78 is 23.7. The number of nitrogens with zero attached hydrogens (tertiary/aromatic N) is 1. The highest BCUT2D eigenvalue weighted by atomic mass is 79.9. The lowest BCUT2D eigenvalue weighted by molar-refractivity contribution is 0.287. The van der Waals surface area contributed by atoms with Gasteiger partial charge in [0.05, 0.1) is 11.5 Å². The Balaban J connectivity index is 2.02. The van der Waals surface area contributed by atoms with Crippen molar-refractivity contribution in [1.29, 1.82) is 0 Å². The second-order valence-corrected chi connectivity index (χ2v) is 7.72. The molecule has 1 fully saturated rings. The summed E-state index contributed by atoms with van der Waals surface area (Å²) in [4.78, 5) is 2.21. The van der Waals surface area contributed by atoms with E-state index in [1.54, 1.807) is 0 Å². The number of hydrogen-bond acceptors (Lipinski definition) is 3. The summed E-state index contributed by atoms with van der Waals surface area (Å²) in [6.45, 7) is 4.23. The Morgan fingerprint density at radius 3 is 2.53 bits per heavy atom. The molecule has 0 N–H and O–H groups in total. The van der Waals surface area contributed by atoms with Crippen molar-refractivity contribution in [2.45, 2.75) is 13.5 Å². The average molecular weight is 318 g/mol. The Morgan fingerprint density at radius 2 is 1.94 bits per heavy atom. The first-order valence-corrected chi connectivity index (χ1v) is 8.25. The van der Waals surface area contributed by atoms with Gasteiger partial charge in [-0.2, -0.15) is 0 Å². The third-order valence-corrected chi connectivity index (χ3v) is 5.24. The number of sulfone groups is 1. The van der Waals surface area contributed by atoms with E-state index in [0.717, 1.165) is 11.0 Å². The van der Waals surface area contributed by atoms with E-state index >= 15 is 0 Å². The molecular formula is C12H16BrNO2S. The molecule has 0 amide bonds. The summed E-state index contributed by atoms with van der Waals surface area (Å²) in [6, 6.07) is 6.22. The molecule has 1 aromatic carbocycles. The maximum absolute atomic E-state index is 11.3. The lowest BCUT2D eigenvalue weighted by Gasteiger charge is -2.27. The quantitative estimate of drug-likeness (QED) is 0.837. The van der Waals surface area contributed by atoms with Gasteiger partial charge in [-0.05, 0) is 30.2 Å². The van der Waals surface area contributed by atoms with Gasteiger partial charge in [0.1, 0.15) is 0 Å². The molecule has 0 unspecified atom stereocenters. The van der Waals surface area contributed by atoms with E-state index < -0.39 is 9.84 Å². The maximum Gasteiger partial charge on any atom is 0.152 e. The molecule has 1 aliphatic rings. The molecule has 3 nitrogen and oxygen atoms in total. The topological polar surface area (TPSA) is 37.4 Å². The third kappa shape index (κ3) is 3.53. The van der Waals surface area contributed by atoms with Gasteiger partial charge in [-0.3, -0.25) is 4.90 Å². The van der Waals surface area contributed by atoms with Crippen molar-refractivity contribution in [3.63, 3.8) is 0 Å². The molecule has 0 bridgehead atoms. The van der Waals surface area contributed by atoms with E-state index in [-0.39, 0.29) is 0 Å². The van der Waals surface area contributed by atoms with Gasteiger partial charge in [-0.1, -0.05) is 22.0 Å². The predicted molar refractivity (Wildman–Crippen MR) is 72.8 cm³/mol. The van der Waals surface area contributed by atoms with Crippen molar-refractivity contribution < 1.29 is 8.42 Å². The van der Waals surface area contributed by atoms with Crippen molar-refractivity contribution in [1.82, 2.24) is 4.90 Å². The van der Waals surface area contributed by atoms with E-state index in [9.17, 15) is 8.42 Å². The van der Waals surface area contributed by atoms with E-state index in [4.69, 9.17) is 0 Å². The normalized spacial score (nSPS) is 20.4. The fraction of sp³-hybridized carbons (Fsp3) is 0.500. The molecular weight excluding hydrogens is 302 g/mol. The van der Waals surface area contributed by atoms with Crippen LogP contribution in [0.3, 0.4) is 0 Å². The molecule has 94 valence electrons. The van der Waals surface area contributed by atoms with Crippen LogP contribution in [-0.2, 0) is 16.4 Å². The zero-order valence-electron chi connectivity index (χ0n) is 9.82. The Kier molecular flexibility index (Phi) is 3.90. The molecule has 1 aliphatic heterocycles. The number of aryl methyl sites for hydroxylation is 1. The largest absolute Gasteiger partial charge is 0.297 e. The fourth-order valence-corrected chi connectivity index (χ4v) is 3.74. The van der Waals surface area contributed by atoms with Crippen molar-refractivity contribution in [3.05, 3.63) is 33.8 Å². The van der Waals surface area contributed by atoms with Crippen LogP contribution in [0.4, 0.5) is 0 Å². The minimum absolute atomic E-state index is 0.294. The summed E-state index contributed by atoms with van der Waals surface area (Å²) in [5.41, 5.74) is 2.51. The summed E-state index contributed by atoms with van der Waals surface area (Å²) in [5, 5.41) is 0. The average Bonchev–Trinajstić information content (AvgIpc) is 2.25. The molecule has 2 rings (SSSR count). The minimum Gasteiger partial charge on any atom is -0.297 e. The van der Waals surface area contributed by atoms with Gasteiger partial charge in [0.25, 0.3) is 0 Å². The summed E-state index contributed by atoms with van der Waals surface area (Å²) in [6.07, 6.45) is 0. The second-order valence-electron chi connectivity index (χ2n) is 4.50. The summed E-state index contributed by atoms with van der Waals surface area (Å²) in [7, 11) is -2.77. The molecule has 0 radical (unpaired) electrons. The van der Waals surface area contributed by atoms with Gasteiger partial charge < -0.3 is 0 Å². The highest BCUT2D eigenvalue weighted by Gasteiger charge is 2.21. The van der Waals surface area contributed by atoms with Crippen molar-refractivity contribution in [3.8, 4) is 0 Å². The number of benzene rings is 1. The van der Waals surface area contributed by atoms with E-state index in [2.05, 4.69) is 39.9 Å². The predicted octanol–water partition coefficient (Wildman–Crippen LogP) is 1.99. The van der Waals surface area contributed by atoms with Crippen LogP contribution in [0, 0.1) is 6.92 Å². The van der Waals surface area contributed by atoms with Gasteiger partial charge in [0.15, 0.2) is 9.84 Å². The van der Waals surface area contributed by atoms with Crippen molar-refractivity contribution in [2.24, 2.45) is 0 Å². The number of halogens is 1. The highest BCUT2D eigenvalue weighted by Crippen LogP contribution is 2.18. The van der Waals surface area contributed by atoms with E-state index in [1.807, 2.05) is 6.07 Å². The van der Waals surface area contributed by atoms with Crippen LogP contribution in [0.5, 0.6) is 0 Å².